The van der Waals surface area contributed by atoms with Crippen LogP contribution in [0.2, 0.25) is 0 Å². The number of aromatic hydroxyl groups is 1. The van der Waals surface area contributed by atoms with Crippen LogP contribution in [0.1, 0.15) is 11.4 Å². The molecule has 4 nitrogen and oxygen atoms in total. The number of rotatable bonds is 3. The zero-order valence-electron chi connectivity index (χ0n) is 10.5. The second-order valence-electron chi connectivity index (χ2n) is 4.34. The number of halogens is 1. The lowest BCUT2D eigenvalue weighted by Crippen LogP contribution is -1.90. The molecular formula is C15H11IN2O2. The van der Waals surface area contributed by atoms with Crippen LogP contribution in [-0.4, -0.2) is 15.2 Å². The molecule has 0 atom stereocenters. The molecule has 0 radical (unpaired) electrons. The smallest absolute Gasteiger partial charge is 0.258 e. The molecule has 0 amide bonds. The molecule has 0 saturated heterocycles. The normalized spacial score (nSPS) is 10.7. The maximum Gasteiger partial charge on any atom is 0.258 e. The number of phenolic OH excluding ortho intramolecular Hbond substituents is 1. The van der Waals surface area contributed by atoms with Gasteiger partial charge in [0.15, 0.2) is 5.82 Å². The average Bonchev–Trinajstić information content (AvgIpc) is 2.91. The summed E-state index contributed by atoms with van der Waals surface area (Å²) in [7, 11) is 0. The molecule has 1 aromatic heterocycles. The Morgan fingerprint density at radius 2 is 1.90 bits per heavy atom. The van der Waals surface area contributed by atoms with Gasteiger partial charge in [-0.3, -0.25) is 0 Å². The van der Waals surface area contributed by atoms with Crippen LogP contribution in [-0.2, 0) is 6.42 Å². The van der Waals surface area contributed by atoms with E-state index >= 15 is 0 Å². The fourth-order valence-electron chi connectivity index (χ4n) is 1.87. The Kier molecular flexibility index (Phi) is 3.68. The van der Waals surface area contributed by atoms with Crippen molar-refractivity contribution in [3.05, 3.63) is 63.5 Å². The van der Waals surface area contributed by atoms with E-state index in [0.29, 0.717) is 18.1 Å². The Balaban J connectivity index is 1.84. The number of phenols is 1. The Bertz CT molecular complexity index is 726. The second kappa shape index (κ2) is 5.62. The van der Waals surface area contributed by atoms with Crippen molar-refractivity contribution in [3.8, 4) is 17.2 Å². The van der Waals surface area contributed by atoms with E-state index in [4.69, 9.17) is 4.52 Å². The summed E-state index contributed by atoms with van der Waals surface area (Å²) in [5, 5.41) is 13.7. The van der Waals surface area contributed by atoms with Crippen LogP contribution in [0.3, 0.4) is 0 Å². The molecule has 0 saturated carbocycles. The monoisotopic (exact) mass is 378 g/mol. The fraction of sp³-hybridized carbons (Fsp3) is 0.0667. The highest BCUT2D eigenvalue weighted by Crippen LogP contribution is 2.26. The first-order chi connectivity index (χ1) is 9.72. The molecule has 5 heteroatoms. The van der Waals surface area contributed by atoms with Crippen molar-refractivity contribution >= 4 is 22.6 Å². The van der Waals surface area contributed by atoms with E-state index in [1.54, 1.807) is 6.07 Å². The highest BCUT2D eigenvalue weighted by atomic mass is 127. The molecule has 0 fully saturated rings. The van der Waals surface area contributed by atoms with Gasteiger partial charge in [0.1, 0.15) is 5.75 Å². The molecule has 0 spiro atoms. The van der Waals surface area contributed by atoms with E-state index in [1.165, 1.54) is 0 Å². The van der Waals surface area contributed by atoms with E-state index in [-0.39, 0.29) is 5.75 Å². The second-order valence-corrected chi connectivity index (χ2v) is 5.51. The molecule has 3 aromatic rings. The van der Waals surface area contributed by atoms with Crippen LogP contribution >= 0.6 is 22.6 Å². The molecule has 0 aliphatic heterocycles. The van der Waals surface area contributed by atoms with Gasteiger partial charge in [-0.05, 0) is 46.4 Å². The summed E-state index contributed by atoms with van der Waals surface area (Å²) in [5.41, 5.74) is 1.85. The first-order valence-electron chi connectivity index (χ1n) is 6.08. The van der Waals surface area contributed by atoms with Crippen molar-refractivity contribution in [1.82, 2.24) is 10.1 Å². The quantitative estimate of drug-likeness (QED) is 0.708. The summed E-state index contributed by atoms with van der Waals surface area (Å²) in [5.74, 6) is 1.26. The van der Waals surface area contributed by atoms with E-state index < -0.39 is 0 Å². The van der Waals surface area contributed by atoms with Crippen LogP contribution in [0, 0.1) is 3.57 Å². The summed E-state index contributed by atoms with van der Waals surface area (Å²) < 4.78 is 6.03. The zero-order chi connectivity index (χ0) is 13.9. The van der Waals surface area contributed by atoms with Crippen LogP contribution < -0.4 is 0 Å². The minimum absolute atomic E-state index is 0.214. The van der Waals surface area contributed by atoms with Gasteiger partial charge in [-0.15, -0.1) is 0 Å². The molecule has 3 rings (SSSR count). The summed E-state index contributed by atoms with van der Waals surface area (Å²) in [6.45, 7) is 0. The summed E-state index contributed by atoms with van der Waals surface area (Å²) >= 11 is 2.06. The third-order valence-electron chi connectivity index (χ3n) is 2.87. The van der Waals surface area contributed by atoms with E-state index in [2.05, 4.69) is 32.7 Å². The van der Waals surface area contributed by atoms with Crippen molar-refractivity contribution < 1.29 is 9.63 Å². The van der Waals surface area contributed by atoms with E-state index in [9.17, 15) is 5.11 Å². The molecule has 0 aliphatic carbocycles. The molecule has 1 N–H and O–H groups in total. The molecule has 0 bridgehead atoms. The molecular weight excluding hydrogens is 367 g/mol. The Labute approximate surface area is 129 Å². The maximum absolute atomic E-state index is 9.71. The number of hydrogen-bond acceptors (Lipinski definition) is 4. The first-order valence-corrected chi connectivity index (χ1v) is 7.15. The molecule has 0 unspecified atom stereocenters. The SMILES string of the molecule is Oc1cc(-c2nc(Cc3ccccc3)no2)ccc1I. The third-order valence-corrected chi connectivity index (χ3v) is 3.78. The zero-order valence-corrected chi connectivity index (χ0v) is 12.6. The summed E-state index contributed by atoms with van der Waals surface area (Å²) in [6, 6.07) is 15.3. The van der Waals surface area contributed by atoms with Gasteiger partial charge in [0.05, 0.1) is 3.57 Å². The van der Waals surface area contributed by atoms with Gasteiger partial charge in [0.25, 0.3) is 5.89 Å². The predicted octanol–water partition coefficient (Wildman–Crippen LogP) is 3.64. The highest BCUT2D eigenvalue weighted by Gasteiger charge is 2.10. The van der Waals surface area contributed by atoms with Gasteiger partial charge in [0.2, 0.25) is 0 Å². The Morgan fingerprint density at radius 1 is 1.10 bits per heavy atom. The van der Waals surface area contributed by atoms with Gasteiger partial charge < -0.3 is 9.63 Å². The molecule has 20 heavy (non-hydrogen) atoms. The van der Waals surface area contributed by atoms with Gasteiger partial charge in [-0.2, -0.15) is 4.98 Å². The largest absolute Gasteiger partial charge is 0.507 e. The minimum Gasteiger partial charge on any atom is -0.507 e. The number of benzene rings is 2. The van der Waals surface area contributed by atoms with Crippen LogP contribution in [0.15, 0.2) is 53.1 Å². The van der Waals surface area contributed by atoms with Gasteiger partial charge in [-0.25, -0.2) is 0 Å². The standard InChI is InChI=1S/C15H11IN2O2/c16-12-7-6-11(9-13(12)19)15-17-14(18-20-15)8-10-4-2-1-3-5-10/h1-7,9,19H,8H2. The van der Waals surface area contributed by atoms with Crippen LogP contribution in [0.25, 0.3) is 11.5 Å². The molecule has 100 valence electrons. The van der Waals surface area contributed by atoms with Crippen molar-refractivity contribution in [2.75, 3.05) is 0 Å². The first kappa shape index (κ1) is 13.1. The topological polar surface area (TPSA) is 59.2 Å². The lowest BCUT2D eigenvalue weighted by Gasteiger charge is -1.98. The molecule has 2 aromatic carbocycles. The van der Waals surface area contributed by atoms with Crippen LogP contribution in [0.4, 0.5) is 0 Å². The maximum atomic E-state index is 9.71. The molecule has 0 aliphatic rings. The fourth-order valence-corrected chi connectivity index (χ4v) is 2.20. The average molecular weight is 378 g/mol. The van der Waals surface area contributed by atoms with E-state index in [1.807, 2.05) is 42.5 Å². The van der Waals surface area contributed by atoms with E-state index in [0.717, 1.165) is 14.7 Å². The summed E-state index contributed by atoms with van der Waals surface area (Å²) in [6.07, 6.45) is 0.626. The van der Waals surface area contributed by atoms with Crippen LogP contribution in [0.5, 0.6) is 5.75 Å². The van der Waals surface area contributed by atoms with Gasteiger partial charge in [-0.1, -0.05) is 35.5 Å². The number of aromatic nitrogens is 2. The number of hydrogen-bond donors (Lipinski definition) is 1. The van der Waals surface area contributed by atoms with Gasteiger partial charge >= 0.3 is 0 Å². The molecule has 1 heterocycles. The Hall–Kier alpha value is -1.89. The highest BCUT2D eigenvalue weighted by molar-refractivity contribution is 14.1. The minimum atomic E-state index is 0.214. The van der Waals surface area contributed by atoms with Crippen molar-refractivity contribution in [1.29, 1.82) is 0 Å². The third kappa shape index (κ3) is 2.82. The predicted molar refractivity (Wildman–Crippen MR) is 83.4 cm³/mol. The lowest BCUT2D eigenvalue weighted by molar-refractivity contribution is 0.423. The van der Waals surface area contributed by atoms with Crippen molar-refractivity contribution in [2.24, 2.45) is 0 Å². The van der Waals surface area contributed by atoms with Crippen molar-refractivity contribution in [3.63, 3.8) is 0 Å². The Morgan fingerprint density at radius 3 is 2.65 bits per heavy atom. The number of nitrogens with zero attached hydrogens (tertiary/aromatic N) is 2. The lowest BCUT2D eigenvalue weighted by atomic mass is 10.1. The summed E-state index contributed by atoms with van der Waals surface area (Å²) in [4.78, 5) is 4.36. The van der Waals surface area contributed by atoms with Gasteiger partial charge in [0, 0.05) is 12.0 Å². The van der Waals surface area contributed by atoms with Crippen molar-refractivity contribution in [2.45, 2.75) is 6.42 Å².